The minimum absolute atomic E-state index is 0.0407. The molecule has 146 valence electrons. The summed E-state index contributed by atoms with van der Waals surface area (Å²) in [7, 11) is 0. The number of rotatable bonds is 4. The summed E-state index contributed by atoms with van der Waals surface area (Å²) in [6, 6.07) is 16.4. The van der Waals surface area contributed by atoms with Crippen LogP contribution in [0.5, 0.6) is 0 Å². The molecule has 2 aromatic carbocycles. The summed E-state index contributed by atoms with van der Waals surface area (Å²) in [5, 5.41) is 2.80. The van der Waals surface area contributed by atoms with Gasteiger partial charge in [-0.05, 0) is 24.3 Å². The maximum absolute atomic E-state index is 12.7. The zero-order chi connectivity index (χ0) is 20.1. The number of benzene rings is 2. The van der Waals surface area contributed by atoms with Crippen LogP contribution in [0.1, 0.15) is 20.8 Å². The Morgan fingerprint density at radius 2 is 1.76 bits per heavy atom. The lowest BCUT2D eigenvalue weighted by Crippen LogP contribution is -2.40. The lowest BCUT2D eigenvalue weighted by Gasteiger charge is -2.27. The van der Waals surface area contributed by atoms with Crippen molar-refractivity contribution in [3.63, 3.8) is 0 Å². The van der Waals surface area contributed by atoms with Crippen molar-refractivity contribution < 1.29 is 14.3 Å². The van der Waals surface area contributed by atoms with Gasteiger partial charge in [0, 0.05) is 29.9 Å². The largest absolute Gasteiger partial charge is 0.378 e. The van der Waals surface area contributed by atoms with Crippen molar-refractivity contribution in [1.29, 1.82) is 0 Å². The molecule has 2 heterocycles. The molecule has 0 aliphatic carbocycles. The molecule has 1 aliphatic rings. The SMILES string of the molecule is O=C(Nc1ccccc1)c1cncc(-c2cccc(C(=O)N3CCOCC3)c2)n1. The molecule has 0 saturated carbocycles. The number of anilines is 1. The fourth-order valence-corrected chi connectivity index (χ4v) is 3.09. The van der Waals surface area contributed by atoms with Crippen molar-refractivity contribution >= 4 is 17.5 Å². The highest BCUT2D eigenvalue weighted by molar-refractivity contribution is 6.03. The number of para-hydroxylation sites is 1. The van der Waals surface area contributed by atoms with E-state index in [2.05, 4.69) is 15.3 Å². The molecular weight excluding hydrogens is 368 g/mol. The molecule has 0 radical (unpaired) electrons. The zero-order valence-electron chi connectivity index (χ0n) is 15.7. The fourth-order valence-electron chi connectivity index (χ4n) is 3.09. The topological polar surface area (TPSA) is 84.4 Å². The van der Waals surface area contributed by atoms with Crippen molar-refractivity contribution in [2.75, 3.05) is 31.6 Å². The average Bonchev–Trinajstić information content (AvgIpc) is 2.80. The van der Waals surface area contributed by atoms with E-state index in [9.17, 15) is 9.59 Å². The monoisotopic (exact) mass is 388 g/mol. The number of carbonyl (C=O) groups is 2. The van der Waals surface area contributed by atoms with Gasteiger partial charge in [0.2, 0.25) is 0 Å². The molecule has 1 aliphatic heterocycles. The van der Waals surface area contributed by atoms with Crippen molar-refractivity contribution in [2.24, 2.45) is 0 Å². The maximum Gasteiger partial charge on any atom is 0.275 e. The van der Waals surface area contributed by atoms with Gasteiger partial charge in [-0.25, -0.2) is 4.98 Å². The summed E-state index contributed by atoms with van der Waals surface area (Å²) >= 11 is 0. The lowest BCUT2D eigenvalue weighted by molar-refractivity contribution is 0.0303. The fraction of sp³-hybridized carbons (Fsp3) is 0.182. The maximum atomic E-state index is 12.7. The van der Waals surface area contributed by atoms with Gasteiger partial charge >= 0.3 is 0 Å². The summed E-state index contributed by atoms with van der Waals surface area (Å²) < 4.78 is 5.31. The van der Waals surface area contributed by atoms with Gasteiger partial charge in [-0.1, -0.05) is 30.3 Å². The van der Waals surface area contributed by atoms with E-state index in [0.717, 1.165) is 5.56 Å². The van der Waals surface area contributed by atoms with Gasteiger partial charge in [0.1, 0.15) is 5.69 Å². The normalized spacial score (nSPS) is 13.7. The van der Waals surface area contributed by atoms with E-state index >= 15 is 0 Å². The number of hydrogen-bond acceptors (Lipinski definition) is 5. The van der Waals surface area contributed by atoms with E-state index in [4.69, 9.17) is 4.74 Å². The van der Waals surface area contributed by atoms with Crippen molar-refractivity contribution in [1.82, 2.24) is 14.9 Å². The third-order valence-electron chi connectivity index (χ3n) is 4.60. The molecule has 0 bridgehead atoms. The van der Waals surface area contributed by atoms with Gasteiger partial charge in [-0.2, -0.15) is 0 Å². The summed E-state index contributed by atoms with van der Waals surface area (Å²) in [4.78, 5) is 35.6. The second kappa shape index (κ2) is 8.62. The molecule has 0 unspecified atom stereocenters. The Hall–Kier alpha value is -3.58. The van der Waals surface area contributed by atoms with Crippen LogP contribution in [0.15, 0.2) is 67.0 Å². The predicted octanol–water partition coefficient (Wildman–Crippen LogP) is 2.87. The Morgan fingerprint density at radius 3 is 2.55 bits per heavy atom. The van der Waals surface area contributed by atoms with Crippen molar-refractivity contribution in [2.45, 2.75) is 0 Å². The first kappa shape index (κ1) is 18.8. The Kier molecular flexibility index (Phi) is 5.58. The predicted molar refractivity (Wildman–Crippen MR) is 109 cm³/mol. The van der Waals surface area contributed by atoms with Crippen LogP contribution in [-0.2, 0) is 4.74 Å². The number of morpholine rings is 1. The standard InChI is InChI=1S/C22H20N4O3/c27-21(24-18-7-2-1-3-8-18)20-15-23-14-19(25-20)16-5-4-6-17(13-16)22(28)26-9-11-29-12-10-26/h1-8,13-15H,9-12H2,(H,24,27). The van der Waals surface area contributed by atoms with Gasteiger partial charge < -0.3 is 15.0 Å². The summed E-state index contributed by atoms with van der Waals surface area (Å²) in [6.45, 7) is 2.26. The highest BCUT2D eigenvalue weighted by atomic mass is 16.5. The van der Waals surface area contributed by atoms with Crippen LogP contribution >= 0.6 is 0 Å². The van der Waals surface area contributed by atoms with E-state index in [-0.39, 0.29) is 17.5 Å². The van der Waals surface area contributed by atoms with Gasteiger partial charge in [-0.15, -0.1) is 0 Å². The second-order valence-corrected chi connectivity index (χ2v) is 6.60. The van der Waals surface area contributed by atoms with Gasteiger partial charge in [-0.3, -0.25) is 14.6 Å². The Balaban J connectivity index is 1.55. The first-order valence-electron chi connectivity index (χ1n) is 9.36. The molecule has 1 saturated heterocycles. The Bertz CT molecular complexity index is 1020. The first-order valence-corrected chi connectivity index (χ1v) is 9.36. The molecule has 7 nitrogen and oxygen atoms in total. The quantitative estimate of drug-likeness (QED) is 0.743. The van der Waals surface area contributed by atoms with Crippen molar-refractivity contribution in [3.8, 4) is 11.3 Å². The van der Waals surface area contributed by atoms with Gasteiger partial charge in [0.15, 0.2) is 0 Å². The number of nitrogens with zero attached hydrogens (tertiary/aromatic N) is 3. The average molecular weight is 388 g/mol. The van der Waals surface area contributed by atoms with Crippen LogP contribution in [0.25, 0.3) is 11.3 Å². The molecule has 29 heavy (non-hydrogen) atoms. The third kappa shape index (κ3) is 4.47. The molecule has 3 aromatic rings. The molecule has 1 N–H and O–H groups in total. The van der Waals surface area contributed by atoms with Gasteiger partial charge in [0.25, 0.3) is 11.8 Å². The third-order valence-corrected chi connectivity index (χ3v) is 4.60. The minimum atomic E-state index is -0.342. The Morgan fingerprint density at radius 1 is 0.966 bits per heavy atom. The zero-order valence-corrected chi connectivity index (χ0v) is 15.7. The van der Waals surface area contributed by atoms with Crippen LogP contribution in [0, 0.1) is 0 Å². The number of ether oxygens (including phenoxy) is 1. The van der Waals surface area contributed by atoms with E-state index in [0.29, 0.717) is 43.2 Å². The number of aromatic nitrogens is 2. The van der Waals surface area contributed by atoms with Crippen molar-refractivity contribution in [3.05, 3.63) is 78.2 Å². The molecule has 0 atom stereocenters. The lowest BCUT2D eigenvalue weighted by atomic mass is 10.1. The second-order valence-electron chi connectivity index (χ2n) is 6.60. The number of hydrogen-bond donors (Lipinski definition) is 1. The van der Waals surface area contributed by atoms with Crippen LogP contribution in [0.4, 0.5) is 5.69 Å². The highest BCUT2D eigenvalue weighted by Gasteiger charge is 2.19. The van der Waals surface area contributed by atoms with E-state index in [1.54, 1.807) is 41.4 Å². The summed E-state index contributed by atoms with van der Waals surface area (Å²) in [5.41, 5.74) is 2.72. The molecule has 0 spiro atoms. The molecule has 7 heteroatoms. The first-order chi connectivity index (χ1) is 14.2. The number of carbonyl (C=O) groups excluding carboxylic acids is 2. The molecule has 2 amide bonds. The van der Waals surface area contributed by atoms with Crippen LogP contribution in [0.2, 0.25) is 0 Å². The number of nitrogens with one attached hydrogen (secondary N) is 1. The van der Waals surface area contributed by atoms with Crippen LogP contribution in [0.3, 0.4) is 0 Å². The minimum Gasteiger partial charge on any atom is -0.378 e. The van der Waals surface area contributed by atoms with Crippen LogP contribution in [-0.4, -0.2) is 53.0 Å². The van der Waals surface area contributed by atoms with E-state index in [1.807, 2.05) is 24.3 Å². The molecule has 1 aromatic heterocycles. The van der Waals surface area contributed by atoms with Crippen LogP contribution < -0.4 is 5.32 Å². The number of amides is 2. The van der Waals surface area contributed by atoms with Gasteiger partial charge in [0.05, 0.1) is 31.3 Å². The van der Waals surface area contributed by atoms with E-state index < -0.39 is 0 Å². The molecule has 1 fully saturated rings. The molecular formula is C22H20N4O3. The molecule has 4 rings (SSSR count). The highest BCUT2D eigenvalue weighted by Crippen LogP contribution is 2.20. The summed E-state index contributed by atoms with van der Waals surface area (Å²) in [5.74, 6) is -0.382. The smallest absolute Gasteiger partial charge is 0.275 e. The summed E-state index contributed by atoms with van der Waals surface area (Å²) in [6.07, 6.45) is 3.00. The Labute approximate surface area is 168 Å². The van der Waals surface area contributed by atoms with E-state index in [1.165, 1.54) is 6.20 Å².